The molecule has 1 aliphatic rings. The van der Waals surface area contributed by atoms with Gasteiger partial charge < -0.3 is 9.73 Å². The van der Waals surface area contributed by atoms with Crippen molar-refractivity contribution in [2.45, 2.75) is 38.3 Å². The summed E-state index contributed by atoms with van der Waals surface area (Å²) in [6.07, 6.45) is 5.28. The highest BCUT2D eigenvalue weighted by Gasteiger charge is 2.23. The van der Waals surface area contributed by atoms with Crippen molar-refractivity contribution in [2.75, 3.05) is 0 Å². The molecular formula is C16H18BrNO. The fraction of sp³-hybridized carbons (Fsp3) is 0.375. The van der Waals surface area contributed by atoms with Gasteiger partial charge in [-0.2, -0.15) is 0 Å². The second kappa shape index (κ2) is 5.51. The zero-order valence-electron chi connectivity index (χ0n) is 11.0. The normalized spacial score (nSPS) is 20.0. The number of nitrogens with one attached hydrogen (secondary N) is 1. The Bertz CT molecular complexity index is 546. The SMILES string of the molecule is CC(NC1CCCc2occc21)c1ccc(Br)cc1. The molecule has 100 valence electrons. The highest BCUT2D eigenvalue weighted by atomic mass is 79.9. The summed E-state index contributed by atoms with van der Waals surface area (Å²) >= 11 is 3.48. The predicted molar refractivity (Wildman–Crippen MR) is 80.1 cm³/mol. The quantitative estimate of drug-likeness (QED) is 0.881. The van der Waals surface area contributed by atoms with Gasteiger partial charge in [-0.15, -0.1) is 0 Å². The first kappa shape index (κ1) is 12.9. The van der Waals surface area contributed by atoms with E-state index in [9.17, 15) is 0 Å². The lowest BCUT2D eigenvalue weighted by atomic mass is 9.92. The summed E-state index contributed by atoms with van der Waals surface area (Å²) in [5, 5.41) is 3.72. The molecule has 0 spiro atoms. The second-order valence-electron chi connectivity index (χ2n) is 5.18. The van der Waals surface area contributed by atoms with Gasteiger partial charge in [-0.25, -0.2) is 0 Å². The molecule has 0 aliphatic heterocycles. The summed E-state index contributed by atoms with van der Waals surface area (Å²) in [6, 6.07) is 11.4. The number of aryl methyl sites for hydroxylation is 1. The third-order valence-electron chi connectivity index (χ3n) is 3.87. The Labute approximate surface area is 122 Å². The van der Waals surface area contributed by atoms with E-state index < -0.39 is 0 Å². The minimum absolute atomic E-state index is 0.346. The highest BCUT2D eigenvalue weighted by molar-refractivity contribution is 9.10. The maximum Gasteiger partial charge on any atom is 0.108 e. The molecule has 19 heavy (non-hydrogen) atoms. The maximum atomic E-state index is 5.54. The zero-order valence-corrected chi connectivity index (χ0v) is 12.6. The van der Waals surface area contributed by atoms with Crippen molar-refractivity contribution in [2.24, 2.45) is 0 Å². The molecule has 2 aromatic rings. The van der Waals surface area contributed by atoms with E-state index in [-0.39, 0.29) is 0 Å². The Hall–Kier alpha value is -1.06. The molecule has 1 N–H and O–H groups in total. The molecule has 0 amide bonds. The fourth-order valence-corrected chi connectivity index (χ4v) is 3.07. The van der Waals surface area contributed by atoms with Crippen molar-refractivity contribution >= 4 is 15.9 Å². The second-order valence-corrected chi connectivity index (χ2v) is 6.10. The van der Waals surface area contributed by atoms with Crippen LogP contribution in [0.25, 0.3) is 0 Å². The summed E-state index contributed by atoms with van der Waals surface area (Å²) < 4.78 is 6.67. The van der Waals surface area contributed by atoms with Crippen molar-refractivity contribution in [1.29, 1.82) is 0 Å². The summed E-state index contributed by atoms with van der Waals surface area (Å²) in [4.78, 5) is 0. The molecule has 0 bridgehead atoms. The minimum atomic E-state index is 0.346. The first-order valence-electron chi connectivity index (χ1n) is 6.82. The van der Waals surface area contributed by atoms with Crippen molar-refractivity contribution in [3.8, 4) is 0 Å². The fourth-order valence-electron chi connectivity index (χ4n) is 2.81. The third-order valence-corrected chi connectivity index (χ3v) is 4.40. The molecule has 1 aromatic carbocycles. The molecule has 1 aromatic heterocycles. The summed E-state index contributed by atoms with van der Waals surface area (Å²) in [5.41, 5.74) is 2.66. The van der Waals surface area contributed by atoms with Crippen LogP contribution in [-0.2, 0) is 6.42 Å². The first-order valence-corrected chi connectivity index (χ1v) is 7.61. The molecule has 2 nitrogen and oxygen atoms in total. The van der Waals surface area contributed by atoms with Crippen LogP contribution in [0.2, 0.25) is 0 Å². The van der Waals surface area contributed by atoms with Crippen molar-refractivity contribution in [1.82, 2.24) is 5.32 Å². The van der Waals surface area contributed by atoms with E-state index in [0.29, 0.717) is 12.1 Å². The average molecular weight is 320 g/mol. The predicted octanol–water partition coefficient (Wildman–Crippen LogP) is 4.77. The Morgan fingerprint density at radius 2 is 2.05 bits per heavy atom. The standard InChI is InChI=1S/C16H18BrNO/c1-11(12-5-7-13(17)8-6-12)18-15-3-2-4-16-14(15)9-10-19-16/h5-11,15,18H,2-4H2,1H3. The van der Waals surface area contributed by atoms with Crippen molar-refractivity contribution in [3.05, 3.63) is 58.0 Å². The van der Waals surface area contributed by atoms with Crippen molar-refractivity contribution < 1.29 is 4.42 Å². The molecule has 3 heteroatoms. The number of halogens is 1. The molecule has 1 aliphatic carbocycles. The Morgan fingerprint density at radius 3 is 2.84 bits per heavy atom. The van der Waals surface area contributed by atoms with E-state index >= 15 is 0 Å². The van der Waals surface area contributed by atoms with E-state index in [1.807, 2.05) is 6.26 Å². The first-order chi connectivity index (χ1) is 9.24. The summed E-state index contributed by atoms with van der Waals surface area (Å²) in [5.74, 6) is 1.16. The van der Waals surface area contributed by atoms with Gasteiger partial charge in [0.05, 0.1) is 6.26 Å². The van der Waals surface area contributed by atoms with Crippen LogP contribution in [0, 0.1) is 0 Å². The van der Waals surface area contributed by atoms with Gasteiger partial charge in [0.1, 0.15) is 5.76 Å². The number of furan rings is 1. The van der Waals surface area contributed by atoms with Gasteiger partial charge >= 0.3 is 0 Å². The van der Waals surface area contributed by atoms with Gasteiger partial charge in [0.25, 0.3) is 0 Å². The molecule has 2 unspecified atom stereocenters. The van der Waals surface area contributed by atoms with Gasteiger partial charge in [0, 0.05) is 28.5 Å². The maximum absolute atomic E-state index is 5.54. The molecule has 0 saturated heterocycles. The van der Waals surface area contributed by atoms with Crippen LogP contribution in [0.5, 0.6) is 0 Å². The summed E-state index contributed by atoms with van der Waals surface area (Å²) in [7, 11) is 0. The summed E-state index contributed by atoms with van der Waals surface area (Å²) in [6.45, 7) is 2.22. The lowest BCUT2D eigenvalue weighted by Gasteiger charge is -2.26. The molecule has 0 fully saturated rings. The van der Waals surface area contributed by atoms with Crippen LogP contribution < -0.4 is 5.32 Å². The molecule has 2 atom stereocenters. The molecule has 1 heterocycles. The monoisotopic (exact) mass is 319 g/mol. The van der Waals surface area contributed by atoms with Crippen LogP contribution >= 0.6 is 15.9 Å². The van der Waals surface area contributed by atoms with E-state index in [1.54, 1.807) is 0 Å². The molecule has 0 radical (unpaired) electrons. The number of benzene rings is 1. The van der Waals surface area contributed by atoms with Gasteiger partial charge in [0.15, 0.2) is 0 Å². The van der Waals surface area contributed by atoms with Gasteiger partial charge in [-0.05, 0) is 43.5 Å². The lowest BCUT2D eigenvalue weighted by Crippen LogP contribution is -2.27. The Kier molecular flexibility index (Phi) is 3.76. The Morgan fingerprint density at radius 1 is 1.26 bits per heavy atom. The number of hydrogen-bond acceptors (Lipinski definition) is 2. The largest absolute Gasteiger partial charge is 0.469 e. The number of hydrogen-bond donors (Lipinski definition) is 1. The number of fused-ring (bicyclic) bond motifs is 1. The zero-order chi connectivity index (χ0) is 13.2. The third kappa shape index (κ3) is 2.77. The van der Waals surface area contributed by atoms with Crippen LogP contribution in [-0.4, -0.2) is 0 Å². The topological polar surface area (TPSA) is 25.2 Å². The highest BCUT2D eigenvalue weighted by Crippen LogP contribution is 2.32. The van der Waals surface area contributed by atoms with E-state index in [1.165, 1.54) is 24.0 Å². The van der Waals surface area contributed by atoms with Crippen LogP contribution in [0.15, 0.2) is 45.5 Å². The van der Waals surface area contributed by atoms with Crippen LogP contribution in [0.3, 0.4) is 0 Å². The molecular weight excluding hydrogens is 302 g/mol. The van der Waals surface area contributed by atoms with Crippen LogP contribution in [0.1, 0.15) is 48.7 Å². The molecule has 0 saturated carbocycles. The van der Waals surface area contributed by atoms with E-state index in [0.717, 1.165) is 16.7 Å². The Balaban J connectivity index is 1.74. The van der Waals surface area contributed by atoms with Gasteiger partial charge in [-0.1, -0.05) is 28.1 Å². The van der Waals surface area contributed by atoms with E-state index in [2.05, 4.69) is 58.5 Å². The lowest BCUT2D eigenvalue weighted by molar-refractivity contribution is 0.385. The van der Waals surface area contributed by atoms with Gasteiger partial charge in [-0.3, -0.25) is 0 Å². The minimum Gasteiger partial charge on any atom is -0.469 e. The molecule has 3 rings (SSSR count). The average Bonchev–Trinajstić information content (AvgIpc) is 2.89. The van der Waals surface area contributed by atoms with Crippen LogP contribution in [0.4, 0.5) is 0 Å². The number of rotatable bonds is 3. The van der Waals surface area contributed by atoms with Gasteiger partial charge in [0.2, 0.25) is 0 Å². The van der Waals surface area contributed by atoms with Crippen molar-refractivity contribution in [3.63, 3.8) is 0 Å². The smallest absolute Gasteiger partial charge is 0.108 e. The van der Waals surface area contributed by atoms with E-state index in [4.69, 9.17) is 4.42 Å².